The van der Waals surface area contributed by atoms with E-state index in [1.807, 2.05) is 104 Å². The minimum atomic E-state index is -1.50. The van der Waals surface area contributed by atoms with Gasteiger partial charge in [-0.25, -0.2) is 0 Å². The number of nitrogens with zero attached hydrogens (tertiary/aromatic N) is 2. The predicted octanol–water partition coefficient (Wildman–Crippen LogP) is 4.59. The third-order valence-electron chi connectivity index (χ3n) is 4.91. The maximum Gasteiger partial charge on any atom is 0.268 e. The van der Waals surface area contributed by atoms with Crippen molar-refractivity contribution < 1.29 is 9.00 Å². The molecule has 3 aromatic rings. The van der Waals surface area contributed by atoms with Gasteiger partial charge in [0.25, 0.3) is 5.91 Å². The Balaban J connectivity index is 1.78. The summed E-state index contributed by atoms with van der Waals surface area (Å²) < 4.78 is 13.5. The van der Waals surface area contributed by atoms with Gasteiger partial charge in [-0.2, -0.15) is 0 Å². The summed E-state index contributed by atoms with van der Waals surface area (Å²) in [6, 6.07) is 26.8. The predicted molar refractivity (Wildman–Crippen MR) is 120 cm³/mol. The fraction of sp³-hybridized carbons (Fsp3) is 0.125. The first-order chi connectivity index (χ1) is 14.1. The summed E-state index contributed by atoms with van der Waals surface area (Å²) in [6.45, 7) is 0. The number of carbonyl (C=O) groups excluding carboxylic acids is 1. The van der Waals surface area contributed by atoms with Gasteiger partial charge >= 0.3 is 0 Å². The third kappa shape index (κ3) is 3.74. The van der Waals surface area contributed by atoms with E-state index in [0.29, 0.717) is 4.91 Å². The summed E-state index contributed by atoms with van der Waals surface area (Å²) in [5.74, 6) is -0.222. The molecule has 1 saturated heterocycles. The van der Waals surface area contributed by atoms with Gasteiger partial charge in [-0.1, -0.05) is 60.7 Å². The van der Waals surface area contributed by atoms with Crippen LogP contribution in [0, 0.1) is 0 Å². The van der Waals surface area contributed by atoms with Crippen LogP contribution in [0.3, 0.4) is 0 Å². The number of anilines is 2. The van der Waals surface area contributed by atoms with E-state index in [2.05, 4.69) is 0 Å². The zero-order valence-corrected chi connectivity index (χ0v) is 17.2. The summed E-state index contributed by atoms with van der Waals surface area (Å²) in [6.07, 6.45) is 1.75. The summed E-state index contributed by atoms with van der Waals surface area (Å²) in [7, 11) is 2.46. The van der Waals surface area contributed by atoms with E-state index in [4.69, 9.17) is 0 Å². The molecule has 29 heavy (non-hydrogen) atoms. The van der Waals surface area contributed by atoms with Crippen molar-refractivity contribution in [3.05, 3.63) is 101 Å². The van der Waals surface area contributed by atoms with Crippen molar-refractivity contribution in [3.63, 3.8) is 0 Å². The zero-order valence-electron chi connectivity index (χ0n) is 16.4. The molecule has 1 amide bonds. The Hall–Kier alpha value is -3.18. The number of benzene rings is 3. The van der Waals surface area contributed by atoms with Crippen molar-refractivity contribution in [1.82, 2.24) is 0 Å². The highest BCUT2D eigenvalue weighted by Crippen LogP contribution is 2.40. The van der Waals surface area contributed by atoms with Crippen LogP contribution in [0.25, 0.3) is 6.08 Å². The summed E-state index contributed by atoms with van der Waals surface area (Å²) in [4.78, 5) is 17.3. The maximum atomic E-state index is 13.5. The third-order valence-corrected chi connectivity index (χ3v) is 6.52. The van der Waals surface area contributed by atoms with E-state index in [1.165, 1.54) is 0 Å². The second kappa shape index (κ2) is 8.05. The molecule has 0 bridgehead atoms. The highest BCUT2D eigenvalue weighted by Gasteiger charge is 2.43. The quantitative estimate of drug-likeness (QED) is 0.600. The molecule has 0 aromatic heterocycles. The van der Waals surface area contributed by atoms with Gasteiger partial charge in [0.05, 0.1) is 10.8 Å². The van der Waals surface area contributed by atoms with E-state index in [-0.39, 0.29) is 5.91 Å². The second-order valence-electron chi connectivity index (χ2n) is 7.07. The lowest BCUT2D eigenvalue weighted by atomic mass is 10.1. The van der Waals surface area contributed by atoms with E-state index in [0.717, 1.165) is 22.5 Å². The molecule has 1 aliphatic heterocycles. The van der Waals surface area contributed by atoms with Crippen LogP contribution in [-0.2, 0) is 15.6 Å². The van der Waals surface area contributed by atoms with Gasteiger partial charge in [-0.05, 0) is 41.5 Å². The van der Waals surface area contributed by atoms with Gasteiger partial charge < -0.3 is 4.90 Å². The SMILES string of the molecule is CN(C)c1ccc(C=C2C(=O)N(c3ccccc3)C(c3ccccc3)S2=O)cc1. The lowest BCUT2D eigenvalue weighted by Gasteiger charge is -2.23. The molecule has 1 aliphatic rings. The Morgan fingerprint density at radius 2 is 1.45 bits per heavy atom. The minimum absolute atomic E-state index is 0.222. The molecule has 2 atom stereocenters. The van der Waals surface area contributed by atoms with Crippen molar-refractivity contribution in [2.75, 3.05) is 23.9 Å². The summed E-state index contributed by atoms with van der Waals surface area (Å²) in [5.41, 5.74) is 3.52. The highest BCUT2D eigenvalue weighted by molar-refractivity contribution is 7.91. The van der Waals surface area contributed by atoms with Gasteiger partial charge in [0.15, 0.2) is 0 Å². The number of hydrogen-bond acceptors (Lipinski definition) is 3. The molecule has 0 spiro atoms. The number of carbonyl (C=O) groups is 1. The Bertz CT molecular complexity index is 1000. The summed E-state index contributed by atoms with van der Waals surface area (Å²) >= 11 is 0. The first-order valence-electron chi connectivity index (χ1n) is 9.39. The van der Waals surface area contributed by atoms with Crippen LogP contribution in [0.15, 0.2) is 89.8 Å². The second-order valence-corrected chi connectivity index (χ2v) is 8.55. The summed E-state index contributed by atoms with van der Waals surface area (Å²) in [5, 5.41) is -0.543. The van der Waals surface area contributed by atoms with Crippen LogP contribution in [0.1, 0.15) is 16.5 Å². The molecular formula is C24H22N2O2S. The van der Waals surface area contributed by atoms with Gasteiger partial charge in [0.2, 0.25) is 0 Å². The molecule has 2 unspecified atom stereocenters. The molecule has 0 radical (unpaired) electrons. The standard InChI is InChI=1S/C24H22N2O2S/c1-25(2)20-15-13-18(14-16-20)17-22-23(27)26(21-11-7-4-8-12-21)24(29(22)28)19-9-5-3-6-10-19/h3-17,24H,1-2H3. The molecule has 0 N–H and O–H groups in total. The Kier molecular flexibility index (Phi) is 5.32. The Morgan fingerprint density at radius 3 is 2.03 bits per heavy atom. The van der Waals surface area contributed by atoms with Gasteiger partial charge in [-0.15, -0.1) is 0 Å². The topological polar surface area (TPSA) is 40.6 Å². The highest BCUT2D eigenvalue weighted by atomic mass is 32.2. The molecule has 146 valence electrons. The van der Waals surface area contributed by atoms with E-state index in [1.54, 1.807) is 11.0 Å². The molecule has 0 aliphatic carbocycles. The van der Waals surface area contributed by atoms with Crippen LogP contribution in [0.5, 0.6) is 0 Å². The van der Waals surface area contributed by atoms with E-state index >= 15 is 0 Å². The van der Waals surface area contributed by atoms with Gasteiger partial charge in [-0.3, -0.25) is 13.9 Å². The average Bonchev–Trinajstić information content (AvgIpc) is 3.00. The molecule has 5 heteroatoms. The smallest absolute Gasteiger partial charge is 0.268 e. The number of rotatable bonds is 4. The largest absolute Gasteiger partial charge is 0.378 e. The van der Waals surface area contributed by atoms with Gasteiger partial charge in [0, 0.05) is 25.5 Å². The first kappa shape index (κ1) is 19.2. The normalized spacial score (nSPS) is 20.3. The van der Waals surface area contributed by atoms with Crippen LogP contribution in [-0.4, -0.2) is 24.2 Å². The van der Waals surface area contributed by atoms with Crippen molar-refractivity contribution >= 4 is 34.2 Å². The lowest BCUT2D eigenvalue weighted by molar-refractivity contribution is -0.114. The number of hydrogen-bond donors (Lipinski definition) is 0. The molecule has 1 heterocycles. The van der Waals surface area contributed by atoms with Gasteiger partial charge in [0.1, 0.15) is 10.3 Å². The Labute approximate surface area is 173 Å². The fourth-order valence-corrected chi connectivity index (χ4v) is 4.98. The monoisotopic (exact) mass is 402 g/mol. The number of para-hydroxylation sites is 1. The van der Waals surface area contributed by atoms with Crippen LogP contribution >= 0.6 is 0 Å². The minimum Gasteiger partial charge on any atom is -0.378 e. The maximum absolute atomic E-state index is 13.5. The number of amides is 1. The van der Waals surface area contributed by atoms with Crippen LogP contribution in [0.4, 0.5) is 11.4 Å². The van der Waals surface area contributed by atoms with Crippen LogP contribution < -0.4 is 9.80 Å². The van der Waals surface area contributed by atoms with Crippen molar-refractivity contribution in [2.24, 2.45) is 0 Å². The average molecular weight is 403 g/mol. The molecule has 0 saturated carbocycles. The fourth-order valence-electron chi connectivity index (χ4n) is 3.40. The van der Waals surface area contributed by atoms with E-state index in [9.17, 15) is 9.00 Å². The van der Waals surface area contributed by atoms with Crippen LogP contribution in [0.2, 0.25) is 0 Å². The molecule has 3 aromatic carbocycles. The van der Waals surface area contributed by atoms with Crippen molar-refractivity contribution in [2.45, 2.75) is 5.37 Å². The van der Waals surface area contributed by atoms with Crippen molar-refractivity contribution in [3.8, 4) is 0 Å². The first-order valence-corrected chi connectivity index (χ1v) is 10.6. The molecule has 1 fully saturated rings. The lowest BCUT2D eigenvalue weighted by Crippen LogP contribution is -2.28. The zero-order chi connectivity index (χ0) is 20.4. The molecular weight excluding hydrogens is 380 g/mol. The van der Waals surface area contributed by atoms with Crippen molar-refractivity contribution in [1.29, 1.82) is 0 Å². The molecule has 4 rings (SSSR count). The Morgan fingerprint density at radius 1 is 0.862 bits per heavy atom. The van der Waals surface area contributed by atoms with E-state index < -0.39 is 16.2 Å². The molecule has 4 nitrogen and oxygen atoms in total.